The molecule has 3 rings (SSSR count). The summed E-state index contributed by atoms with van der Waals surface area (Å²) in [5.41, 5.74) is 1.10. The molecule has 2 N–H and O–H groups in total. The van der Waals surface area contributed by atoms with E-state index in [0.717, 1.165) is 5.56 Å². The molecule has 1 atom stereocenters. The summed E-state index contributed by atoms with van der Waals surface area (Å²) in [4.78, 5) is 12.1. The van der Waals surface area contributed by atoms with E-state index in [1.54, 1.807) is 43.3 Å². The number of ether oxygens (including phenoxy) is 2. The lowest BCUT2D eigenvalue weighted by molar-refractivity contribution is -0.123. The van der Waals surface area contributed by atoms with E-state index in [1.807, 2.05) is 0 Å². The highest BCUT2D eigenvalue weighted by molar-refractivity contribution is 7.92. The van der Waals surface area contributed by atoms with E-state index in [9.17, 15) is 17.6 Å². The zero-order valence-corrected chi connectivity index (χ0v) is 19.4. The Morgan fingerprint density at radius 3 is 2.33 bits per heavy atom. The largest absolute Gasteiger partial charge is 0.497 e. The van der Waals surface area contributed by atoms with Gasteiger partial charge in [-0.05, 0) is 67.1 Å². The maximum atomic E-state index is 13.0. The third-order valence-corrected chi connectivity index (χ3v) is 6.34. The van der Waals surface area contributed by atoms with Gasteiger partial charge >= 0.3 is 0 Å². The number of carbonyl (C=O) groups excluding carboxylic acids is 1. The Morgan fingerprint density at radius 1 is 1.06 bits per heavy atom. The molecule has 7 nitrogen and oxygen atoms in total. The van der Waals surface area contributed by atoms with Gasteiger partial charge in [-0.3, -0.25) is 9.52 Å². The summed E-state index contributed by atoms with van der Waals surface area (Å²) in [5.74, 6) is -0.0242. The standard InChI is InChI=1S/C23H22ClFN2O5S/c1-15(16-3-5-17(25)6-4-16)26-23(28)14-32-22-12-11-20(13-21(22)24)33(29,30)27-18-7-9-19(31-2)10-8-18/h3-13,15,27H,14H2,1-2H3,(H,26,28)/t15-/m0/s1. The second-order valence-electron chi connectivity index (χ2n) is 7.06. The zero-order chi connectivity index (χ0) is 24.0. The van der Waals surface area contributed by atoms with Crippen LogP contribution in [0.15, 0.2) is 71.6 Å². The molecule has 1 amide bonds. The molecule has 0 saturated carbocycles. The van der Waals surface area contributed by atoms with Gasteiger partial charge in [-0.2, -0.15) is 0 Å². The van der Waals surface area contributed by atoms with Crippen molar-refractivity contribution in [2.75, 3.05) is 18.4 Å². The summed E-state index contributed by atoms with van der Waals surface area (Å²) in [6.45, 7) is 1.43. The van der Waals surface area contributed by atoms with Crippen LogP contribution < -0.4 is 19.5 Å². The number of rotatable bonds is 9. The number of benzene rings is 3. The first-order valence-electron chi connectivity index (χ1n) is 9.82. The summed E-state index contributed by atoms with van der Waals surface area (Å²) in [6.07, 6.45) is 0. The summed E-state index contributed by atoms with van der Waals surface area (Å²) in [7, 11) is -2.38. The van der Waals surface area contributed by atoms with Gasteiger partial charge in [0.05, 0.1) is 23.1 Å². The fourth-order valence-corrected chi connectivity index (χ4v) is 4.28. The van der Waals surface area contributed by atoms with Gasteiger partial charge < -0.3 is 14.8 Å². The van der Waals surface area contributed by atoms with E-state index in [0.29, 0.717) is 11.4 Å². The highest BCUT2D eigenvalue weighted by Gasteiger charge is 2.17. The number of hydrogen-bond acceptors (Lipinski definition) is 5. The molecule has 0 fully saturated rings. The molecule has 0 radical (unpaired) electrons. The van der Waals surface area contributed by atoms with Gasteiger partial charge in [0.1, 0.15) is 17.3 Å². The molecule has 0 aliphatic rings. The average Bonchev–Trinajstić information content (AvgIpc) is 2.79. The summed E-state index contributed by atoms with van der Waals surface area (Å²) in [5, 5.41) is 2.77. The number of methoxy groups -OCH3 is 1. The minimum absolute atomic E-state index is 0.0342. The molecule has 0 aromatic heterocycles. The van der Waals surface area contributed by atoms with Crippen LogP contribution >= 0.6 is 11.6 Å². The van der Waals surface area contributed by atoms with Crippen LogP contribution in [-0.4, -0.2) is 28.0 Å². The van der Waals surface area contributed by atoms with Crippen LogP contribution in [0.2, 0.25) is 5.02 Å². The topological polar surface area (TPSA) is 93.7 Å². The van der Waals surface area contributed by atoms with Gasteiger partial charge in [-0.15, -0.1) is 0 Å². The van der Waals surface area contributed by atoms with Gasteiger partial charge in [0.15, 0.2) is 6.61 Å². The minimum atomic E-state index is -3.89. The molecule has 0 aliphatic heterocycles. The van der Waals surface area contributed by atoms with E-state index in [4.69, 9.17) is 21.1 Å². The molecular weight excluding hydrogens is 471 g/mol. The first-order chi connectivity index (χ1) is 15.7. The van der Waals surface area contributed by atoms with Gasteiger partial charge in [0.25, 0.3) is 15.9 Å². The van der Waals surface area contributed by atoms with Crippen LogP contribution in [0.3, 0.4) is 0 Å². The van der Waals surface area contributed by atoms with Crippen LogP contribution in [0.25, 0.3) is 0 Å². The Labute approximate surface area is 196 Å². The van der Waals surface area contributed by atoms with E-state index in [2.05, 4.69) is 10.0 Å². The Balaban J connectivity index is 1.60. The van der Waals surface area contributed by atoms with Crippen LogP contribution in [0.4, 0.5) is 10.1 Å². The monoisotopic (exact) mass is 492 g/mol. The predicted molar refractivity (Wildman–Crippen MR) is 124 cm³/mol. The molecule has 3 aromatic rings. The summed E-state index contributed by atoms with van der Waals surface area (Å²) in [6, 6.07) is 15.8. The molecule has 0 aliphatic carbocycles. The molecule has 174 valence electrons. The average molecular weight is 493 g/mol. The third-order valence-electron chi connectivity index (χ3n) is 4.66. The zero-order valence-electron chi connectivity index (χ0n) is 17.8. The molecule has 33 heavy (non-hydrogen) atoms. The van der Waals surface area contributed by atoms with Crippen LogP contribution in [0.1, 0.15) is 18.5 Å². The van der Waals surface area contributed by atoms with Crippen molar-refractivity contribution in [1.82, 2.24) is 5.32 Å². The van der Waals surface area contributed by atoms with Crippen molar-refractivity contribution in [3.8, 4) is 11.5 Å². The first kappa shape index (κ1) is 24.3. The summed E-state index contributed by atoms with van der Waals surface area (Å²) < 4.78 is 51.2. The molecule has 0 bridgehead atoms. The normalized spacial score (nSPS) is 12.0. The molecule has 0 heterocycles. The smallest absolute Gasteiger partial charge is 0.261 e. The van der Waals surface area contributed by atoms with Gasteiger partial charge in [-0.1, -0.05) is 23.7 Å². The highest BCUT2D eigenvalue weighted by atomic mass is 35.5. The molecule has 0 unspecified atom stereocenters. The van der Waals surface area contributed by atoms with Gasteiger partial charge in [0.2, 0.25) is 0 Å². The van der Waals surface area contributed by atoms with Gasteiger partial charge in [0, 0.05) is 5.69 Å². The lowest BCUT2D eigenvalue weighted by Gasteiger charge is -2.15. The van der Waals surface area contributed by atoms with Crippen LogP contribution in [0, 0.1) is 5.82 Å². The number of anilines is 1. The number of hydrogen-bond donors (Lipinski definition) is 2. The lowest BCUT2D eigenvalue weighted by atomic mass is 10.1. The quantitative estimate of drug-likeness (QED) is 0.457. The number of halogens is 2. The Kier molecular flexibility index (Phi) is 7.78. The number of amides is 1. The van der Waals surface area contributed by atoms with E-state index in [1.165, 1.54) is 37.4 Å². The molecule has 3 aromatic carbocycles. The fourth-order valence-electron chi connectivity index (χ4n) is 2.90. The third kappa shape index (κ3) is 6.59. The molecular formula is C23H22ClFN2O5S. The van der Waals surface area contributed by atoms with Crippen LogP contribution in [0.5, 0.6) is 11.5 Å². The number of carbonyl (C=O) groups is 1. The van der Waals surface area contributed by atoms with Crippen molar-refractivity contribution >= 4 is 33.2 Å². The lowest BCUT2D eigenvalue weighted by Crippen LogP contribution is -2.31. The second kappa shape index (κ2) is 10.5. The van der Waals surface area contributed by atoms with Gasteiger partial charge in [-0.25, -0.2) is 12.8 Å². The van der Waals surface area contributed by atoms with Crippen molar-refractivity contribution in [1.29, 1.82) is 0 Å². The molecule has 0 saturated heterocycles. The number of sulfonamides is 1. The second-order valence-corrected chi connectivity index (χ2v) is 9.15. The Hall–Kier alpha value is -3.30. The van der Waals surface area contributed by atoms with Crippen LogP contribution in [-0.2, 0) is 14.8 Å². The molecule has 0 spiro atoms. The van der Waals surface area contributed by atoms with E-state index in [-0.39, 0.29) is 34.1 Å². The Morgan fingerprint density at radius 2 is 1.73 bits per heavy atom. The van der Waals surface area contributed by atoms with Crippen molar-refractivity contribution < 1.29 is 27.1 Å². The fraction of sp³-hybridized carbons (Fsp3) is 0.174. The highest BCUT2D eigenvalue weighted by Crippen LogP contribution is 2.28. The van der Waals surface area contributed by atoms with Crippen molar-refractivity contribution in [2.24, 2.45) is 0 Å². The molecule has 10 heteroatoms. The van der Waals surface area contributed by atoms with Crippen molar-refractivity contribution in [2.45, 2.75) is 17.9 Å². The first-order valence-corrected chi connectivity index (χ1v) is 11.7. The van der Waals surface area contributed by atoms with E-state index >= 15 is 0 Å². The Bertz CT molecular complexity index is 1220. The van der Waals surface area contributed by atoms with Crippen molar-refractivity contribution in [3.05, 3.63) is 83.1 Å². The van der Waals surface area contributed by atoms with E-state index < -0.39 is 15.9 Å². The predicted octanol–water partition coefficient (Wildman–Crippen LogP) is 4.54. The number of nitrogens with one attached hydrogen (secondary N) is 2. The summed E-state index contributed by atoms with van der Waals surface area (Å²) >= 11 is 6.18. The SMILES string of the molecule is COc1ccc(NS(=O)(=O)c2ccc(OCC(=O)N[C@@H](C)c3ccc(F)cc3)c(Cl)c2)cc1. The van der Waals surface area contributed by atoms with Crippen molar-refractivity contribution in [3.63, 3.8) is 0 Å². The maximum absolute atomic E-state index is 13.0. The minimum Gasteiger partial charge on any atom is -0.497 e. The maximum Gasteiger partial charge on any atom is 0.261 e.